The number of aromatic nitrogens is 1. The van der Waals surface area contributed by atoms with Crippen molar-refractivity contribution < 1.29 is 14.3 Å². The maximum absolute atomic E-state index is 13.7. The van der Waals surface area contributed by atoms with Crippen LogP contribution >= 0.6 is 0 Å². The Labute approximate surface area is 176 Å². The molecule has 0 unspecified atom stereocenters. The molecule has 5 nitrogen and oxygen atoms in total. The Bertz CT molecular complexity index is 1050. The molecular weight excluding hydrogens is 376 g/mol. The van der Waals surface area contributed by atoms with Crippen molar-refractivity contribution in [2.75, 3.05) is 6.79 Å². The van der Waals surface area contributed by atoms with Crippen LogP contribution in [-0.4, -0.2) is 22.6 Å². The molecule has 1 amide bonds. The topological polar surface area (TPSA) is 51.7 Å². The lowest BCUT2D eigenvalue weighted by molar-refractivity contribution is -0.137. The molecule has 1 atom stereocenters. The second-order valence-corrected chi connectivity index (χ2v) is 7.91. The van der Waals surface area contributed by atoms with Crippen LogP contribution in [0.15, 0.2) is 67.0 Å². The molecule has 0 fully saturated rings. The van der Waals surface area contributed by atoms with E-state index in [-0.39, 0.29) is 18.6 Å². The van der Waals surface area contributed by atoms with Crippen LogP contribution in [0.2, 0.25) is 0 Å². The zero-order valence-corrected chi connectivity index (χ0v) is 16.8. The largest absolute Gasteiger partial charge is 0.454 e. The molecule has 1 aliphatic heterocycles. The fourth-order valence-corrected chi connectivity index (χ4v) is 4.41. The van der Waals surface area contributed by atoms with Crippen molar-refractivity contribution in [3.8, 4) is 11.5 Å². The third-order valence-electron chi connectivity index (χ3n) is 5.94. The quantitative estimate of drug-likeness (QED) is 0.646. The third-order valence-corrected chi connectivity index (χ3v) is 5.94. The van der Waals surface area contributed by atoms with Crippen LogP contribution in [-0.2, 0) is 30.7 Å². The summed E-state index contributed by atoms with van der Waals surface area (Å²) in [4.78, 5) is 19.8. The number of carbonyl (C=O) groups is 1. The van der Waals surface area contributed by atoms with Gasteiger partial charge < -0.3 is 14.4 Å². The Morgan fingerprint density at radius 3 is 2.77 bits per heavy atom. The molecule has 2 aromatic carbocycles. The number of hydrogen-bond acceptors (Lipinski definition) is 4. The highest BCUT2D eigenvalue weighted by Gasteiger charge is 2.29. The van der Waals surface area contributed by atoms with E-state index in [2.05, 4.69) is 29.2 Å². The Balaban J connectivity index is 1.41. The van der Waals surface area contributed by atoms with Gasteiger partial charge >= 0.3 is 0 Å². The smallest absolute Gasteiger partial charge is 0.231 e. The maximum atomic E-state index is 13.7. The maximum Gasteiger partial charge on any atom is 0.231 e. The molecule has 0 bridgehead atoms. The number of amides is 1. The van der Waals surface area contributed by atoms with Gasteiger partial charge in [0.2, 0.25) is 12.7 Å². The summed E-state index contributed by atoms with van der Waals surface area (Å²) >= 11 is 0. The molecule has 0 N–H and O–H groups in total. The summed E-state index contributed by atoms with van der Waals surface area (Å²) in [5.41, 5.74) is 4.65. The Kier molecular flexibility index (Phi) is 5.10. The van der Waals surface area contributed by atoms with Gasteiger partial charge in [0.15, 0.2) is 11.5 Å². The molecule has 0 saturated carbocycles. The number of aryl methyl sites for hydroxylation is 1. The van der Waals surface area contributed by atoms with Crippen molar-refractivity contribution >= 4 is 5.91 Å². The number of fused-ring (bicyclic) bond motifs is 2. The van der Waals surface area contributed by atoms with Crippen molar-refractivity contribution in [2.24, 2.45) is 5.92 Å². The standard InChI is InChI=1S/C25H24N2O3/c28-25(21-11-10-19-6-1-2-7-20(19)13-21)27(15-18-5-4-12-26-14-18)16-22-8-3-9-23-24(22)30-17-29-23/h1-9,12,14,21H,10-11,13,15-17H2/t21-/m1/s1. The average molecular weight is 400 g/mol. The zero-order valence-electron chi connectivity index (χ0n) is 16.8. The van der Waals surface area contributed by atoms with Crippen molar-refractivity contribution in [3.63, 3.8) is 0 Å². The Morgan fingerprint density at radius 1 is 1.00 bits per heavy atom. The second-order valence-electron chi connectivity index (χ2n) is 7.91. The van der Waals surface area contributed by atoms with Crippen molar-refractivity contribution in [2.45, 2.75) is 32.4 Å². The van der Waals surface area contributed by atoms with Crippen LogP contribution in [0, 0.1) is 5.92 Å². The monoisotopic (exact) mass is 400 g/mol. The van der Waals surface area contributed by atoms with Gasteiger partial charge in [0.05, 0.1) is 0 Å². The van der Waals surface area contributed by atoms with Gasteiger partial charge in [-0.25, -0.2) is 0 Å². The van der Waals surface area contributed by atoms with Gasteiger partial charge in [0, 0.05) is 37.0 Å². The first-order chi connectivity index (χ1) is 14.8. The molecule has 30 heavy (non-hydrogen) atoms. The van der Waals surface area contributed by atoms with Crippen molar-refractivity contribution in [3.05, 3.63) is 89.2 Å². The molecule has 0 saturated heterocycles. The predicted molar refractivity (Wildman–Crippen MR) is 113 cm³/mol. The molecule has 0 spiro atoms. The molecule has 3 aromatic rings. The van der Waals surface area contributed by atoms with Crippen molar-refractivity contribution in [1.29, 1.82) is 0 Å². The van der Waals surface area contributed by atoms with Crippen molar-refractivity contribution in [1.82, 2.24) is 9.88 Å². The first-order valence-electron chi connectivity index (χ1n) is 10.4. The van der Waals surface area contributed by atoms with Gasteiger partial charge in [-0.3, -0.25) is 9.78 Å². The second kappa shape index (κ2) is 8.19. The molecule has 2 aliphatic rings. The van der Waals surface area contributed by atoms with Crippen LogP contribution in [0.4, 0.5) is 0 Å². The van der Waals surface area contributed by atoms with E-state index in [1.54, 1.807) is 6.20 Å². The molecule has 2 heterocycles. The molecule has 5 rings (SSSR count). The minimum absolute atomic E-state index is 0.00880. The van der Waals surface area contributed by atoms with E-state index in [0.717, 1.165) is 41.9 Å². The number of nitrogens with zero attached hydrogens (tertiary/aromatic N) is 2. The average Bonchev–Trinajstić information content (AvgIpc) is 3.28. The van der Waals surface area contributed by atoms with E-state index in [1.165, 1.54) is 11.1 Å². The first kappa shape index (κ1) is 18.7. The number of para-hydroxylation sites is 1. The summed E-state index contributed by atoms with van der Waals surface area (Å²) in [5, 5.41) is 0. The SMILES string of the molecule is O=C([C@@H]1CCc2ccccc2C1)N(Cc1cccnc1)Cc1cccc2c1OCO2. The van der Waals surface area contributed by atoms with Crippen LogP contribution in [0.3, 0.4) is 0 Å². The molecule has 1 aliphatic carbocycles. The van der Waals surface area contributed by atoms with Crippen LogP contribution in [0.5, 0.6) is 11.5 Å². The molecular formula is C25H24N2O3. The number of benzene rings is 2. The van der Waals surface area contributed by atoms with E-state index >= 15 is 0 Å². The van der Waals surface area contributed by atoms with Crippen LogP contribution in [0.25, 0.3) is 0 Å². The predicted octanol–water partition coefficient (Wildman–Crippen LogP) is 4.14. The highest BCUT2D eigenvalue weighted by Crippen LogP contribution is 2.36. The number of hydrogen-bond donors (Lipinski definition) is 0. The van der Waals surface area contributed by atoms with E-state index < -0.39 is 0 Å². The zero-order chi connectivity index (χ0) is 20.3. The normalized spacial score (nSPS) is 16.7. The Morgan fingerprint density at radius 2 is 1.90 bits per heavy atom. The Hall–Kier alpha value is -3.34. The first-order valence-corrected chi connectivity index (χ1v) is 10.4. The number of rotatable bonds is 5. The van der Waals surface area contributed by atoms with Gasteiger partial charge in [-0.05, 0) is 48.1 Å². The highest BCUT2D eigenvalue weighted by molar-refractivity contribution is 5.79. The lowest BCUT2D eigenvalue weighted by atomic mass is 9.83. The summed E-state index contributed by atoms with van der Waals surface area (Å²) < 4.78 is 11.2. The molecule has 1 aromatic heterocycles. The fraction of sp³-hybridized carbons (Fsp3) is 0.280. The van der Waals surface area contributed by atoms with Gasteiger partial charge in [0.1, 0.15) is 0 Å². The summed E-state index contributed by atoms with van der Waals surface area (Å²) in [7, 11) is 0. The minimum Gasteiger partial charge on any atom is -0.454 e. The molecule has 0 radical (unpaired) electrons. The van der Waals surface area contributed by atoms with Crippen LogP contribution in [0.1, 0.15) is 28.7 Å². The number of carbonyl (C=O) groups excluding carboxylic acids is 1. The van der Waals surface area contributed by atoms with Gasteiger partial charge in [-0.15, -0.1) is 0 Å². The number of pyridine rings is 1. The summed E-state index contributed by atoms with van der Waals surface area (Å²) in [5.74, 6) is 1.67. The third kappa shape index (κ3) is 3.75. The van der Waals surface area contributed by atoms with E-state index in [4.69, 9.17) is 9.47 Å². The van der Waals surface area contributed by atoms with Gasteiger partial charge in [-0.1, -0.05) is 42.5 Å². The van der Waals surface area contributed by atoms with E-state index in [1.807, 2.05) is 41.4 Å². The van der Waals surface area contributed by atoms with Gasteiger partial charge in [0.25, 0.3) is 0 Å². The van der Waals surface area contributed by atoms with Crippen LogP contribution < -0.4 is 9.47 Å². The summed E-state index contributed by atoms with van der Waals surface area (Å²) in [6.07, 6.45) is 6.20. The summed E-state index contributed by atoms with van der Waals surface area (Å²) in [6, 6.07) is 18.2. The highest BCUT2D eigenvalue weighted by atomic mass is 16.7. The fourth-order valence-electron chi connectivity index (χ4n) is 4.41. The lowest BCUT2D eigenvalue weighted by Crippen LogP contribution is -2.37. The molecule has 5 heteroatoms. The minimum atomic E-state index is -0.00880. The summed E-state index contributed by atoms with van der Waals surface area (Å²) in [6.45, 7) is 1.23. The van der Waals surface area contributed by atoms with Gasteiger partial charge in [-0.2, -0.15) is 0 Å². The van der Waals surface area contributed by atoms with E-state index in [0.29, 0.717) is 13.1 Å². The number of ether oxygens (including phenoxy) is 2. The lowest BCUT2D eigenvalue weighted by Gasteiger charge is -2.30. The van der Waals surface area contributed by atoms with E-state index in [9.17, 15) is 4.79 Å². The molecule has 152 valence electrons.